The molecule has 21 heavy (non-hydrogen) atoms. The van der Waals surface area contributed by atoms with Crippen molar-refractivity contribution in [2.24, 2.45) is 0 Å². The van der Waals surface area contributed by atoms with Gasteiger partial charge in [-0.1, -0.05) is 24.3 Å². The van der Waals surface area contributed by atoms with Gasteiger partial charge >= 0.3 is 5.97 Å². The lowest BCUT2D eigenvalue weighted by molar-refractivity contribution is -0.165. The molecule has 2 rings (SSSR count). The fourth-order valence-corrected chi connectivity index (χ4v) is 3.24. The van der Waals surface area contributed by atoms with Crippen molar-refractivity contribution in [2.45, 2.75) is 38.8 Å². The molecule has 1 aromatic carbocycles. The molecule has 1 aliphatic heterocycles. The lowest BCUT2D eigenvalue weighted by atomic mass is 9.83. The van der Waals surface area contributed by atoms with Crippen molar-refractivity contribution in [2.75, 3.05) is 12.4 Å². The number of carbonyl (C=O) groups excluding carboxylic acids is 2. The Kier molecular flexibility index (Phi) is 4.57. The van der Waals surface area contributed by atoms with E-state index in [9.17, 15) is 9.59 Å². The van der Waals surface area contributed by atoms with Crippen molar-refractivity contribution >= 4 is 23.5 Å². The van der Waals surface area contributed by atoms with E-state index in [1.165, 1.54) is 12.5 Å². The topological polar surface area (TPSA) is 46.6 Å². The quantitative estimate of drug-likeness (QED) is 0.637. The highest BCUT2D eigenvalue weighted by Crippen LogP contribution is 2.39. The van der Waals surface area contributed by atoms with Crippen LogP contribution in [-0.4, -0.2) is 34.8 Å². The van der Waals surface area contributed by atoms with E-state index >= 15 is 0 Å². The Hall–Kier alpha value is -1.55. The molecule has 114 valence electrons. The van der Waals surface area contributed by atoms with Crippen LogP contribution < -0.4 is 0 Å². The second-order valence-corrected chi connectivity index (χ2v) is 6.04. The molecular weight excluding hydrogens is 290 g/mol. The van der Waals surface area contributed by atoms with Crippen LogP contribution in [-0.2, 0) is 20.7 Å². The Morgan fingerprint density at radius 3 is 2.67 bits per heavy atom. The highest BCUT2D eigenvalue weighted by atomic mass is 35.5. The molecule has 1 unspecified atom stereocenters. The van der Waals surface area contributed by atoms with Gasteiger partial charge in [0.1, 0.15) is 11.5 Å². The minimum absolute atomic E-state index is 0.0746. The number of fused-ring (bicyclic) bond motifs is 1. The van der Waals surface area contributed by atoms with Gasteiger partial charge in [-0.25, -0.2) is 0 Å². The predicted molar refractivity (Wildman–Crippen MR) is 81.2 cm³/mol. The monoisotopic (exact) mass is 309 g/mol. The minimum atomic E-state index is -0.815. The zero-order valence-electron chi connectivity index (χ0n) is 12.6. The van der Waals surface area contributed by atoms with Gasteiger partial charge < -0.3 is 9.64 Å². The Morgan fingerprint density at radius 2 is 2.05 bits per heavy atom. The van der Waals surface area contributed by atoms with Crippen LogP contribution in [0.15, 0.2) is 24.3 Å². The van der Waals surface area contributed by atoms with E-state index in [0.717, 1.165) is 12.0 Å². The molecule has 1 heterocycles. The molecule has 4 nitrogen and oxygen atoms in total. The van der Waals surface area contributed by atoms with Crippen LogP contribution in [0.4, 0.5) is 0 Å². The smallest absolute Gasteiger partial charge is 0.303 e. The largest absolute Gasteiger partial charge is 0.457 e. The highest BCUT2D eigenvalue weighted by Gasteiger charge is 2.42. The van der Waals surface area contributed by atoms with Gasteiger partial charge in [0.05, 0.1) is 6.04 Å². The number of rotatable bonds is 3. The summed E-state index contributed by atoms with van der Waals surface area (Å²) in [4.78, 5) is 25.3. The lowest BCUT2D eigenvalue weighted by Gasteiger charge is -2.45. The Balaban J connectivity index is 2.48. The Bertz CT molecular complexity index is 556. The number of hydrogen-bond acceptors (Lipinski definition) is 3. The van der Waals surface area contributed by atoms with Crippen LogP contribution in [0, 0.1) is 0 Å². The summed E-state index contributed by atoms with van der Waals surface area (Å²) in [6.07, 6.45) is 0.783. The van der Waals surface area contributed by atoms with Crippen LogP contribution >= 0.6 is 11.6 Å². The summed E-state index contributed by atoms with van der Waals surface area (Å²) < 4.78 is 5.48. The van der Waals surface area contributed by atoms with Crippen molar-refractivity contribution in [1.82, 2.24) is 4.90 Å². The molecule has 1 amide bonds. The molecule has 1 aromatic rings. The van der Waals surface area contributed by atoms with Crippen LogP contribution in [0.25, 0.3) is 0 Å². The lowest BCUT2D eigenvalue weighted by Crippen LogP contribution is -2.51. The maximum Gasteiger partial charge on any atom is 0.303 e. The molecule has 0 aliphatic carbocycles. The Morgan fingerprint density at radius 1 is 1.38 bits per heavy atom. The molecule has 1 aliphatic rings. The van der Waals surface area contributed by atoms with Gasteiger partial charge in [0, 0.05) is 13.5 Å². The van der Waals surface area contributed by atoms with Gasteiger partial charge in [-0.05, 0) is 31.4 Å². The number of ether oxygens (including phenoxy) is 1. The van der Waals surface area contributed by atoms with Crippen molar-refractivity contribution < 1.29 is 14.3 Å². The van der Waals surface area contributed by atoms with E-state index in [2.05, 4.69) is 6.07 Å². The third-order valence-electron chi connectivity index (χ3n) is 3.78. The first-order valence-electron chi connectivity index (χ1n) is 6.99. The second-order valence-electron chi connectivity index (χ2n) is 5.77. The molecule has 5 heteroatoms. The third-order valence-corrected chi connectivity index (χ3v) is 4.01. The molecule has 0 aromatic heterocycles. The molecule has 1 atom stereocenters. The van der Waals surface area contributed by atoms with Crippen molar-refractivity contribution in [1.29, 1.82) is 0 Å². The van der Waals surface area contributed by atoms with E-state index in [-0.39, 0.29) is 23.8 Å². The van der Waals surface area contributed by atoms with E-state index in [1.807, 2.05) is 32.0 Å². The number of halogens is 1. The molecule has 0 N–H and O–H groups in total. The normalized spacial score (nSPS) is 18.1. The van der Waals surface area contributed by atoms with Crippen molar-refractivity contribution in [3.05, 3.63) is 35.4 Å². The zero-order valence-corrected chi connectivity index (χ0v) is 13.3. The van der Waals surface area contributed by atoms with Crippen LogP contribution in [0.2, 0.25) is 0 Å². The van der Waals surface area contributed by atoms with Gasteiger partial charge in [0.25, 0.3) is 0 Å². The summed E-state index contributed by atoms with van der Waals surface area (Å²) in [6.45, 7) is 5.62. The minimum Gasteiger partial charge on any atom is -0.457 e. The maximum atomic E-state index is 12.2. The second kappa shape index (κ2) is 6.06. The first-order chi connectivity index (χ1) is 9.86. The number of esters is 1. The van der Waals surface area contributed by atoms with Crippen molar-refractivity contribution in [3.8, 4) is 0 Å². The highest BCUT2D eigenvalue weighted by molar-refractivity contribution is 6.27. The van der Waals surface area contributed by atoms with Crippen LogP contribution in [0.5, 0.6) is 0 Å². The number of amides is 1. The number of alkyl halides is 1. The molecule has 0 spiro atoms. The average Bonchev–Trinajstić information content (AvgIpc) is 2.43. The first kappa shape index (κ1) is 15.8. The number of benzene rings is 1. The van der Waals surface area contributed by atoms with E-state index < -0.39 is 5.60 Å². The predicted octanol–water partition coefficient (Wildman–Crippen LogP) is 2.69. The molecular formula is C16H20ClNO3. The third kappa shape index (κ3) is 3.21. The van der Waals surface area contributed by atoms with Gasteiger partial charge in [-0.2, -0.15) is 0 Å². The van der Waals surface area contributed by atoms with Crippen LogP contribution in [0.3, 0.4) is 0 Å². The van der Waals surface area contributed by atoms with Gasteiger partial charge in [0.2, 0.25) is 5.91 Å². The van der Waals surface area contributed by atoms with Gasteiger partial charge in [-0.15, -0.1) is 11.6 Å². The molecule has 0 saturated carbocycles. The molecule has 0 bridgehead atoms. The average molecular weight is 310 g/mol. The SMILES string of the molecule is CC(=O)OC(C)(C)C1c2ccccc2CCN1C(=O)CCl. The van der Waals surface area contributed by atoms with E-state index in [4.69, 9.17) is 16.3 Å². The zero-order chi connectivity index (χ0) is 15.6. The Labute approximate surface area is 130 Å². The molecule has 0 saturated heterocycles. The fourth-order valence-electron chi connectivity index (χ4n) is 3.09. The standard InChI is InChI=1S/C16H20ClNO3/c1-11(19)21-16(2,3)15-13-7-5-4-6-12(13)8-9-18(15)14(20)10-17/h4-7,15H,8-10H2,1-3H3. The number of nitrogens with zero attached hydrogens (tertiary/aromatic N) is 1. The first-order valence-corrected chi connectivity index (χ1v) is 7.53. The summed E-state index contributed by atoms with van der Waals surface area (Å²) in [5.41, 5.74) is 1.39. The van der Waals surface area contributed by atoms with E-state index in [1.54, 1.807) is 4.90 Å². The van der Waals surface area contributed by atoms with E-state index in [0.29, 0.717) is 6.54 Å². The van der Waals surface area contributed by atoms with Gasteiger partial charge in [0.15, 0.2) is 0 Å². The summed E-state index contributed by atoms with van der Waals surface area (Å²) in [5.74, 6) is -0.577. The number of hydrogen-bond donors (Lipinski definition) is 0. The summed E-state index contributed by atoms with van der Waals surface area (Å²) >= 11 is 5.73. The summed E-state index contributed by atoms with van der Waals surface area (Å²) in [6, 6.07) is 7.63. The summed E-state index contributed by atoms with van der Waals surface area (Å²) in [7, 11) is 0. The van der Waals surface area contributed by atoms with Gasteiger partial charge in [-0.3, -0.25) is 9.59 Å². The van der Waals surface area contributed by atoms with Crippen LogP contribution in [0.1, 0.15) is 37.9 Å². The molecule has 0 radical (unpaired) electrons. The molecule has 0 fully saturated rings. The fraction of sp³-hybridized carbons (Fsp3) is 0.500. The summed E-state index contributed by atoms with van der Waals surface area (Å²) in [5, 5.41) is 0. The van der Waals surface area contributed by atoms with Crippen molar-refractivity contribution in [3.63, 3.8) is 0 Å². The number of carbonyl (C=O) groups is 2. The maximum absolute atomic E-state index is 12.2.